The molecule has 1 aromatic carbocycles. The minimum Gasteiger partial charge on any atom is -0.474 e. The maximum absolute atomic E-state index is 12.7. The molecule has 11 nitrogen and oxygen atoms in total. The van der Waals surface area contributed by atoms with Gasteiger partial charge < -0.3 is 38.4 Å². The lowest BCUT2D eigenvalue weighted by Crippen LogP contribution is -2.72. The Morgan fingerprint density at radius 3 is 2.36 bits per heavy atom. The Morgan fingerprint density at radius 1 is 0.932 bits per heavy atom. The summed E-state index contributed by atoms with van der Waals surface area (Å²) in [5.74, 6) is 0.596. The van der Waals surface area contributed by atoms with Gasteiger partial charge >= 0.3 is 12.2 Å². The number of carbonyl (C=O) groups is 2. The summed E-state index contributed by atoms with van der Waals surface area (Å²) in [7, 11) is 0. The molecule has 0 N–H and O–H groups in total. The van der Waals surface area contributed by atoms with Gasteiger partial charge in [0.05, 0.1) is 32.0 Å². The first-order chi connectivity index (χ1) is 21.2. The molecule has 238 valence electrons. The van der Waals surface area contributed by atoms with Crippen LogP contribution in [0.2, 0.25) is 0 Å². The number of anilines is 1. The molecule has 4 heterocycles. The largest absolute Gasteiger partial charge is 0.474 e. The van der Waals surface area contributed by atoms with Crippen LogP contribution in [0, 0.1) is 0 Å². The number of piperidine rings is 1. The van der Waals surface area contributed by atoms with Crippen LogP contribution in [-0.4, -0.2) is 102 Å². The van der Waals surface area contributed by atoms with Gasteiger partial charge in [-0.05, 0) is 45.2 Å². The number of benzene rings is 1. The highest BCUT2D eigenvalue weighted by molar-refractivity contribution is 5.69. The molecule has 0 unspecified atom stereocenters. The smallest absolute Gasteiger partial charge is 0.410 e. The van der Waals surface area contributed by atoms with Gasteiger partial charge in [0.2, 0.25) is 5.88 Å². The number of pyridine rings is 1. The zero-order chi connectivity index (χ0) is 30.7. The number of ether oxygens (including phenoxy) is 5. The van der Waals surface area contributed by atoms with Crippen molar-refractivity contribution in [1.29, 1.82) is 0 Å². The van der Waals surface area contributed by atoms with Gasteiger partial charge in [-0.1, -0.05) is 30.3 Å². The van der Waals surface area contributed by atoms with Crippen molar-refractivity contribution in [2.45, 2.75) is 82.5 Å². The molecule has 0 bridgehead atoms. The number of amides is 2. The molecule has 1 aliphatic carbocycles. The second-order valence-corrected chi connectivity index (χ2v) is 13.3. The molecule has 11 heteroatoms. The van der Waals surface area contributed by atoms with Crippen LogP contribution in [0.15, 0.2) is 48.7 Å². The summed E-state index contributed by atoms with van der Waals surface area (Å²) < 4.78 is 29.3. The van der Waals surface area contributed by atoms with E-state index in [2.05, 4.69) is 9.88 Å². The predicted octanol–water partition coefficient (Wildman–Crippen LogP) is 4.64. The van der Waals surface area contributed by atoms with Crippen molar-refractivity contribution in [2.24, 2.45) is 0 Å². The van der Waals surface area contributed by atoms with Crippen molar-refractivity contribution in [2.75, 3.05) is 50.8 Å². The quantitative estimate of drug-likeness (QED) is 0.445. The average Bonchev–Trinajstić information content (AvgIpc) is 2.98. The van der Waals surface area contributed by atoms with Gasteiger partial charge in [0.15, 0.2) is 0 Å². The summed E-state index contributed by atoms with van der Waals surface area (Å²) in [6, 6.07) is 13.7. The van der Waals surface area contributed by atoms with Crippen molar-refractivity contribution >= 4 is 17.9 Å². The third-order valence-corrected chi connectivity index (χ3v) is 8.70. The summed E-state index contributed by atoms with van der Waals surface area (Å²) in [6.45, 7) is 10.1. The molecule has 3 saturated heterocycles. The highest BCUT2D eigenvalue weighted by Gasteiger charge is 2.49. The third kappa shape index (κ3) is 7.21. The van der Waals surface area contributed by atoms with Crippen LogP contribution in [0.1, 0.15) is 52.0 Å². The molecule has 2 amide bonds. The first-order valence-corrected chi connectivity index (χ1v) is 15.7. The van der Waals surface area contributed by atoms with Crippen molar-refractivity contribution in [3.63, 3.8) is 0 Å². The number of aromatic nitrogens is 1. The fourth-order valence-corrected chi connectivity index (χ4v) is 6.23. The molecule has 1 aromatic heterocycles. The monoisotopic (exact) mass is 608 g/mol. The molecule has 1 spiro atoms. The number of rotatable bonds is 7. The second kappa shape index (κ2) is 12.8. The molecule has 2 aromatic rings. The second-order valence-electron chi connectivity index (χ2n) is 13.3. The minimum atomic E-state index is -0.531. The van der Waals surface area contributed by atoms with E-state index in [0.717, 1.165) is 36.9 Å². The Hall–Kier alpha value is -3.57. The highest BCUT2D eigenvalue weighted by atomic mass is 16.6. The minimum absolute atomic E-state index is 0.0563. The molecule has 0 radical (unpaired) electrons. The van der Waals surface area contributed by atoms with Gasteiger partial charge in [0, 0.05) is 57.0 Å². The van der Waals surface area contributed by atoms with Gasteiger partial charge in [-0.3, -0.25) is 0 Å². The normalized spacial score (nSPS) is 23.5. The van der Waals surface area contributed by atoms with E-state index in [0.29, 0.717) is 51.8 Å². The van der Waals surface area contributed by atoms with E-state index in [-0.39, 0.29) is 42.6 Å². The molecular formula is C33H44N4O7. The highest BCUT2D eigenvalue weighted by Crippen LogP contribution is 2.37. The Bertz CT molecular complexity index is 1280. The van der Waals surface area contributed by atoms with Crippen molar-refractivity contribution in [3.05, 3.63) is 54.2 Å². The molecule has 4 fully saturated rings. The molecule has 1 saturated carbocycles. The van der Waals surface area contributed by atoms with Crippen LogP contribution >= 0.6 is 0 Å². The molecule has 6 rings (SSSR count). The van der Waals surface area contributed by atoms with Crippen molar-refractivity contribution in [3.8, 4) is 5.88 Å². The summed E-state index contributed by atoms with van der Waals surface area (Å²) in [4.78, 5) is 35.6. The van der Waals surface area contributed by atoms with Crippen molar-refractivity contribution < 1.29 is 33.3 Å². The fraction of sp³-hybridized carbons (Fsp3) is 0.606. The summed E-state index contributed by atoms with van der Waals surface area (Å²) in [6.07, 6.45) is 4.83. The van der Waals surface area contributed by atoms with Gasteiger partial charge in [0.1, 0.15) is 23.9 Å². The van der Waals surface area contributed by atoms with E-state index in [4.69, 9.17) is 23.7 Å². The van der Waals surface area contributed by atoms with Crippen LogP contribution in [0.4, 0.5) is 15.3 Å². The first-order valence-electron chi connectivity index (χ1n) is 15.7. The SMILES string of the molecule is CC(C)(C)OC(=O)N1CCN(c2ccnc(OC3CC(OC4CCN(C(=O)OCc5ccccc5)CC4)C3)c2)C2(COC2)C1. The van der Waals surface area contributed by atoms with Crippen LogP contribution in [0.3, 0.4) is 0 Å². The molecule has 44 heavy (non-hydrogen) atoms. The number of hydrogen-bond acceptors (Lipinski definition) is 9. The zero-order valence-electron chi connectivity index (χ0n) is 26.0. The Balaban J connectivity index is 0.934. The summed E-state index contributed by atoms with van der Waals surface area (Å²) in [5, 5.41) is 0. The molecule has 0 atom stereocenters. The standard InChI is InChI=1S/C33H44N4O7/c1-32(2,3)44-31(39)36-15-16-37(33(21-36)22-40-23-33)25-9-12-34-29(17-25)43-28-18-27(19-28)42-26-10-13-35(14-11-26)30(38)41-20-24-7-5-4-6-8-24/h4-9,12,17,26-28H,10-11,13-16,18-23H2,1-3H3. The van der Waals surface area contributed by atoms with Crippen LogP contribution < -0.4 is 9.64 Å². The number of likely N-dealkylation sites (tertiary alicyclic amines) is 1. The number of nitrogens with zero attached hydrogens (tertiary/aromatic N) is 4. The Morgan fingerprint density at radius 2 is 1.68 bits per heavy atom. The first kappa shape index (κ1) is 30.5. The molecule has 3 aliphatic heterocycles. The maximum atomic E-state index is 12.7. The topological polar surface area (TPSA) is 103 Å². The Kier molecular flexibility index (Phi) is 8.87. The summed E-state index contributed by atoms with van der Waals surface area (Å²) >= 11 is 0. The van der Waals surface area contributed by atoms with E-state index in [1.165, 1.54) is 0 Å². The number of piperazine rings is 1. The average molecular weight is 609 g/mol. The fourth-order valence-electron chi connectivity index (χ4n) is 6.23. The van der Waals surface area contributed by atoms with Crippen LogP contribution in [0.5, 0.6) is 5.88 Å². The lowest BCUT2D eigenvalue weighted by Gasteiger charge is -2.55. The van der Waals surface area contributed by atoms with Gasteiger partial charge in [-0.2, -0.15) is 0 Å². The molecular weight excluding hydrogens is 564 g/mol. The van der Waals surface area contributed by atoms with E-state index < -0.39 is 5.60 Å². The zero-order valence-corrected chi connectivity index (χ0v) is 26.0. The lowest BCUT2D eigenvalue weighted by molar-refractivity contribution is -0.109. The number of hydrogen-bond donors (Lipinski definition) is 0. The lowest BCUT2D eigenvalue weighted by atomic mass is 9.90. The van der Waals surface area contributed by atoms with Crippen LogP contribution in [-0.2, 0) is 25.6 Å². The van der Waals surface area contributed by atoms with E-state index in [9.17, 15) is 9.59 Å². The van der Waals surface area contributed by atoms with E-state index in [1.54, 1.807) is 16.0 Å². The summed E-state index contributed by atoms with van der Waals surface area (Å²) in [5.41, 5.74) is 1.19. The third-order valence-electron chi connectivity index (χ3n) is 8.70. The van der Waals surface area contributed by atoms with Crippen LogP contribution in [0.25, 0.3) is 0 Å². The maximum Gasteiger partial charge on any atom is 0.410 e. The molecule has 4 aliphatic rings. The predicted molar refractivity (Wildman–Crippen MR) is 163 cm³/mol. The van der Waals surface area contributed by atoms with Gasteiger partial charge in [-0.25, -0.2) is 14.6 Å². The van der Waals surface area contributed by atoms with Crippen molar-refractivity contribution in [1.82, 2.24) is 14.8 Å². The number of carbonyl (C=O) groups excluding carboxylic acids is 2. The van der Waals surface area contributed by atoms with E-state index in [1.807, 2.05) is 63.2 Å². The van der Waals surface area contributed by atoms with E-state index >= 15 is 0 Å². The Labute approximate surface area is 259 Å². The van der Waals surface area contributed by atoms with Gasteiger partial charge in [-0.15, -0.1) is 0 Å². The van der Waals surface area contributed by atoms with Gasteiger partial charge in [0.25, 0.3) is 0 Å².